The first kappa shape index (κ1) is 17.0. The number of hydrogen-bond donors (Lipinski definition) is 1. The maximum absolute atomic E-state index is 12.4. The highest BCUT2D eigenvalue weighted by Gasteiger charge is 2.16. The lowest BCUT2D eigenvalue weighted by Crippen LogP contribution is -2.03. The Hall–Kier alpha value is -2.89. The monoisotopic (exact) mass is 339 g/mol. The molecule has 6 nitrogen and oxygen atoms in total. The highest BCUT2D eigenvalue weighted by Crippen LogP contribution is 2.32. The van der Waals surface area contributed by atoms with Crippen molar-refractivity contribution in [2.45, 2.75) is 20.3 Å². The number of hydrogen-bond acceptors (Lipinski definition) is 5. The molecule has 0 amide bonds. The predicted octanol–water partition coefficient (Wildman–Crippen LogP) is 3.87. The number of H-pyrrole nitrogens is 1. The molecule has 0 fully saturated rings. The number of benzene rings is 1. The van der Waals surface area contributed by atoms with Crippen LogP contribution in [0.3, 0.4) is 0 Å². The van der Waals surface area contributed by atoms with E-state index in [0.717, 1.165) is 5.56 Å². The number of Topliss-reactive ketones (excluding diaryl/α,β-unsaturated/α-hetero) is 1. The summed E-state index contributed by atoms with van der Waals surface area (Å²) in [6.45, 7) is 4.04. The molecule has 0 spiro atoms. The van der Waals surface area contributed by atoms with Gasteiger partial charge in [-0.25, -0.2) is 9.97 Å². The Balaban J connectivity index is 2.05. The molecule has 0 aliphatic heterocycles. The van der Waals surface area contributed by atoms with Gasteiger partial charge in [0.25, 0.3) is 0 Å². The van der Waals surface area contributed by atoms with Crippen LogP contribution >= 0.6 is 0 Å². The van der Waals surface area contributed by atoms with Crippen molar-refractivity contribution in [1.29, 1.82) is 0 Å². The smallest absolute Gasteiger partial charge is 0.166 e. The summed E-state index contributed by atoms with van der Waals surface area (Å²) in [6, 6.07) is 5.55. The zero-order valence-electron chi connectivity index (χ0n) is 14.8. The topological polar surface area (TPSA) is 77.1 Å². The third kappa shape index (κ3) is 3.33. The molecular formula is C19H21N3O3. The Bertz CT molecular complexity index is 915. The number of nitrogens with one attached hydrogen (secondary N) is 1. The van der Waals surface area contributed by atoms with Gasteiger partial charge in [0.1, 0.15) is 5.52 Å². The minimum absolute atomic E-state index is 0.0695. The number of methoxy groups -OCH3 is 2. The van der Waals surface area contributed by atoms with E-state index in [1.54, 1.807) is 26.6 Å². The minimum Gasteiger partial charge on any atom is -0.493 e. The SMILES string of the molecule is COc1ccc(-c2cnc3[nH]cc(C(=O)CC(C)C)c3n2)cc1OC. The van der Waals surface area contributed by atoms with Crippen LogP contribution in [0.1, 0.15) is 30.6 Å². The summed E-state index contributed by atoms with van der Waals surface area (Å²) in [5.41, 5.74) is 3.30. The molecule has 0 aliphatic rings. The van der Waals surface area contributed by atoms with E-state index in [-0.39, 0.29) is 5.78 Å². The fourth-order valence-electron chi connectivity index (χ4n) is 2.72. The molecule has 3 aromatic rings. The van der Waals surface area contributed by atoms with Crippen LogP contribution < -0.4 is 9.47 Å². The van der Waals surface area contributed by atoms with Gasteiger partial charge in [-0.1, -0.05) is 13.8 Å². The van der Waals surface area contributed by atoms with Gasteiger partial charge in [0.2, 0.25) is 0 Å². The number of ketones is 1. The molecule has 1 N–H and O–H groups in total. The Morgan fingerprint density at radius 1 is 1.20 bits per heavy atom. The second-order valence-corrected chi connectivity index (χ2v) is 6.25. The van der Waals surface area contributed by atoms with Gasteiger partial charge >= 0.3 is 0 Å². The molecule has 0 unspecified atom stereocenters. The fourth-order valence-corrected chi connectivity index (χ4v) is 2.72. The first-order valence-electron chi connectivity index (χ1n) is 8.13. The summed E-state index contributed by atoms with van der Waals surface area (Å²) in [5, 5.41) is 0. The molecular weight excluding hydrogens is 318 g/mol. The van der Waals surface area contributed by atoms with E-state index in [4.69, 9.17) is 9.47 Å². The van der Waals surface area contributed by atoms with Gasteiger partial charge in [0, 0.05) is 18.2 Å². The Morgan fingerprint density at radius 3 is 2.64 bits per heavy atom. The zero-order valence-corrected chi connectivity index (χ0v) is 14.8. The number of rotatable bonds is 6. The van der Waals surface area contributed by atoms with Gasteiger partial charge < -0.3 is 14.5 Å². The summed E-state index contributed by atoms with van der Waals surface area (Å²) < 4.78 is 10.6. The average Bonchev–Trinajstić information content (AvgIpc) is 3.03. The van der Waals surface area contributed by atoms with Crippen molar-refractivity contribution in [2.75, 3.05) is 14.2 Å². The Kier molecular flexibility index (Phi) is 4.70. The molecule has 2 heterocycles. The number of ether oxygens (including phenoxy) is 2. The van der Waals surface area contributed by atoms with Gasteiger partial charge in [0.05, 0.1) is 31.7 Å². The van der Waals surface area contributed by atoms with E-state index >= 15 is 0 Å². The molecule has 2 aromatic heterocycles. The van der Waals surface area contributed by atoms with E-state index in [9.17, 15) is 4.79 Å². The van der Waals surface area contributed by atoms with E-state index in [2.05, 4.69) is 15.0 Å². The highest BCUT2D eigenvalue weighted by atomic mass is 16.5. The van der Waals surface area contributed by atoms with Crippen LogP contribution in [0.4, 0.5) is 0 Å². The van der Waals surface area contributed by atoms with Crippen LogP contribution in [-0.4, -0.2) is 35.0 Å². The molecule has 0 bridgehead atoms. The largest absolute Gasteiger partial charge is 0.493 e. The van der Waals surface area contributed by atoms with Crippen LogP contribution in [0, 0.1) is 5.92 Å². The van der Waals surface area contributed by atoms with Crippen molar-refractivity contribution in [3.63, 3.8) is 0 Å². The summed E-state index contributed by atoms with van der Waals surface area (Å²) in [6.07, 6.45) is 3.85. The molecule has 0 atom stereocenters. The maximum atomic E-state index is 12.4. The van der Waals surface area contributed by atoms with E-state index in [1.807, 2.05) is 32.0 Å². The summed E-state index contributed by atoms with van der Waals surface area (Å²) >= 11 is 0. The molecule has 0 aliphatic carbocycles. The number of nitrogens with zero attached hydrogens (tertiary/aromatic N) is 2. The number of aromatic amines is 1. The second kappa shape index (κ2) is 6.93. The molecule has 0 radical (unpaired) electrons. The van der Waals surface area contributed by atoms with E-state index in [0.29, 0.717) is 46.3 Å². The Labute approximate surface area is 146 Å². The average molecular weight is 339 g/mol. The van der Waals surface area contributed by atoms with Crippen LogP contribution in [0.2, 0.25) is 0 Å². The number of fused-ring (bicyclic) bond motifs is 1. The number of aromatic nitrogens is 3. The molecule has 25 heavy (non-hydrogen) atoms. The van der Waals surface area contributed by atoms with Crippen molar-refractivity contribution in [1.82, 2.24) is 15.0 Å². The summed E-state index contributed by atoms with van der Waals surface area (Å²) in [7, 11) is 3.18. The number of carbonyl (C=O) groups is 1. The van der Waals surface area contributed by atoms with Crippen LogP contribution in [-0.2, 0) is 0 Å². The first-order valence-corrected chi connectivity index (χ1v) is 8.13. The minimum atomic E-state index is 0.0695. The van der Waals surface area contributed by atoms with E-state index < -0.39 is 0 Å². The van der Waals surface area contributed by atoms with Crippen molar-refractivity contribution >= 4 is 16.9 Å². The third-order valence-electron chi connectivity index (χ3n) is 3.95. The molecule has 1 aromatic carbocycles. The summed E-state index contributed by atoms with van der Waals surface area (Å²) in [5.74, 6) is 1.63. The van der Waals surface area contributed by atoms with Gasteiger partial charge in [-0.3, -0.25) is 4.79 Å². The van der Waals surface area contributed by atoms with Crippen molar-refractivity contribution in [3.05, 3.63) is 36.2 Å². The lowest BCUT2D eigenvalue weighted by Gasteiger charge is -2.09. The normalized spacial score (nSPS) is 11.1. The fraction of sp³-hybridized carbons (Fsp3) is 0.316. The van der Waals surface area contributed by atoms with Crippen molar-refractivity contribution in [2.24, 2.45) is 5.92 Å². The van der Waals surface area contributed by atoms with Gasteiger partial charge in [-0.15, -0.1) is 0 Å². The van der Waals surface area contributed by atoms with Crippen LogP contribution in [0.25, 0.3) is 22.4 Å². The predicted molar refractivity (Wildman–Crippen MR) is 96.2 cm³/mol. The van der Waals surface area contributed by atoms with Gasteiger partial charge in [0.15, 0.2) is 22.9 Å². The molecule has 130 valence electrons. The maximum Gasteiger partial charge on any atom is 0.166 e. The lowest BCUT2D eigenvalue weighted by atomic mass is 10.0. The Morgan fingerprint density at radius 2 is 1.96 bits per heavy atom. The molecule has 0 saturated heterocycles. The van der Waals surface area contributed by atoms with Crippen molar-refractivity contribution < 1.29 is 14.3 Å². The quantitative estimate of drug-likeness (QED) is 0.690. The standard InChI is InChI=1S/C19H21N3O3/c1-11(2)7-15(23)13-9-20-19-18(13)22-14(10-21-19)12-5-6-16(24-3)17(8-12)25-4/h5-6,8-11H,7H2,1-4H3,(H,20,21). The van der Waals surface area contributed by atoms with Crippen molar-refractivity contribution in [3.8, 4) is 22.8 Å². The second-order valence-electron chi connectivity index (χ2n) is 6.25. The van der Waals surface area contributed by atoms with Crippen LogP contribution in [0.15, 0.2) is 30.6 Å². The summed E-state index contributed by atoms with van der Waals surface area (Å²) in [4.78, 5) is 24.5. The van der Waals surface area contributed by atoms with Gasteiger partial charge in [-0.2, -0.15) is 0 Å². The van der Waals surface area contributed by atoms with Crippen LogP contribution in [0.5, 0.6) is 11.5 Å². The highest BCUT2D eigenvalue weighted by molar-refractivity contribution is 6.06. The molecule has 3 rings (SSSR count). The number of carbonyl (C=O) groups excluding carboxylic acids is 1. The first-order chi connectivity index (χ1) is 12.0. The van der Waals surface area contributed by atoms with E-state index in [1.165, 1.54) is 0 Å². The zero-order chi connectivity index (χ0) is 18.0. The lowest BCUT2D eigenvalue weighted by molar-refractivity contribution is 0.0969. The van der Waals surface area contributed by atoms with Gasteiger partial charge in [-0.05, 0) is 24.1 Å². The molecule has 0 saturated carbocycles. The third-order valence-corrected chi connectivity index (χ3v) is 3.95. The molecule has 6 heteroatoms.